The number of rotatable bonds is 8. The highest BCUT2D eigenvalue weighted by molar-refractivity contribution is 5.37. The van der Waals surface area contributed by atoms with Gasteiger partial charge in [0.1, 0.15) is 0 Å². The summed E-state index contributed by atoms with van der Waals surface area (Å²) >= 11 is 0. The lowest BCUT2D eigenvalue weighted by Gasteiger charge is -2.25. The third-order valence-electron chi connectivity index (χ3n) is 3.85. The van der Waals surface area contributed by atoms with Crippen LogP contribution in [0.15, 0.2) is 18.2 Å². The second kappa shape index (κ2) is 8.07. The number of hydrogen-bond acceptors (Lipinski definition) is 2. The summed E-state index contributed by atoms with van der Waals surface area (Å²) in [7, 11) is 0. The lowest BCUT2D eigenvalue weighted by atomic mass is 9.87. The van der Waals surface area contributed by atoms with Gasteiger partial charge in [-0.25, -0.2) is 0 Å². The number of unbranched alkanes of at least 4 members (excludes halogenated alkanes) is 2. The zero-order valence-corrected chi connectivity index (χ0v) is 13.4. The lowest BCUT2D eigenvalue weighted by molar-refractivity contribution is 0.302. The molecule has 1 N–H and O–H groups in total. The summed E-state index contributed by atoms with van der Waals surface area (Å²) in [5, 5.41) is 12.4. The number of nitrogens with zero attached hydrogens (tertiary/aromatic N) is 1. The van der Waals surface area contributed by atoms with Crippen LogP contribution in [0.3, 0.4) is 0 Å². The molecule has 0 aliphatic carbocycles. The molecule has 0 aromatic heterocycles. The minimum Gasteiger partial charge on any atom is -0.312 e. The molecule has 1 aromatic carbocycles. The van der Waals surface area contributed by atoms with Crippen LogP contribution >= 0.6 is 0 Å². The molecule has 0 radical (unpaired) electrons. The Morgan fingerprint density at radius 1 is 1.25 bits per heavy atom. The maximum atomic E-state index is 8.87. The molecule has 0 amide bonds. The SMILES string of the molecule is CCCCCC(C)(C)CNCc1ccc(C#N)cc1C. The Morgan fingerprint density at radius 3 is 2.60 bits per heavy atom. The maximum absolute atomic E-state index is 8.87. The standard InChI is InChI=1S/C18H28N2/c1-5-6-7-10-18(3,4)14-20-13-17-9-8-16(12-19)11-15(17)2/h8-9,11,20H,5-7,10,13-14H2,1-4H3. The normalized spacial score (nSPS) is 11.3. The minimum atomic E-state index is 0.357. The highest BCUT2D eigenvalue weighted by atomic mass is 14.9. The van der Waals surface area contributed by atoms with E-state index in [2.05, 4.69) is 45.1 Å². The third kappa shape index (κ3) is 5.75. The van der Waals surface area contributed by atoms with Crippen molar-refractivity contribution in [2.24, 2.45) is 5.41 Å². The summed E-state index contributed by atoms with van der Waals surface area (Å²) in [4.78, 5) is 0. The molecule has 1 rings (SSSR count). The molecule has 0 saturated carbocycles. The van der Waals surface area contributed by atoms with Crippen molar-refractivity contribution >= 4 is 0 Å². The van der Waals surface area contributed by atoms with Gasteiger partial charge in [0.25, 0.3) is 0 Å². The Bertz CT molecular complexity index is 455. The minimum absolute atomic E-state index is 0.357. The Hall–Kier alpha value is -1.33. The summed E-state index contributed by atoms with van der Waals surface area (Å²) in [5.74, 6) is 0. The zero-order chi connectivity index (χ0) is 15.0. The molecule has 0 fully saturated rings. The summed E-state index contributed by atoms with van der Waals surface area (Å²) < 4.78 is 0. The number of nitriles is 1. The van der Waals surface area contributed by atoms with Crippen LogP contribution in [0.4, 0.5) is 0 Å². The summed E-state index contributed by atoms with van der Waals surface area (Å²) in [6.07, 6.45) is 5.22. The van der Waals surface area contributed by atoms with Crippen LogP contribution in [0, 0.1) is 23.7 Å². The van der Waals surface area contributed by atoms with Crippen LogP contribution in [-0.2, 0) is 6.54 Å². The number of aryl methyl sites for hydroxylation is 1. The highest BCUT2D eigenvalue weighted by Crippen LogP contribution is 2.23. The van der Waals surface area contributed by atoms with Gasteiger partial charge >= 0.3 is 0 Å². The molecule has 0 unspecified atom stereocenters. The predicted molar refractivity (Wildman–Crippen MR) is 85.5 cm³/mol. The number of nitrogens with one attached hydrogen (secondary N) is 1. The molecule has 2 heteroatoms. The third-order valence-corrected chi connectivity index (χ3v) is 3.85. The van der Waals surface area contributed by atoms with E-state index >= 15 is 0 Å². The fourth-order valence-electron chi connectivity index (χ4n) is 2.44. The largest absolute Gasteiger partial charge is 0.312 e. The van der Waals surface area contributed by atoms with Crippen molar-refractivity contribution in [2.75, 3.05) is 6.54 Å². The van der Waals surface area contributed by atoms with Gasteiger partial charge in [-0.3, -0.25) is 0 Å². The van der Waals surface area contributed by atoms with Crippen LogP contribution < -0.4 is 5.32 Å². The molecule has 0 bridgehead atoms. The van der Waals surface area contributed by atoms with E-state index in [1.54, 1.807) is 0 Å². The molecule has 0 aliphatic rings. The second-order valence-electron chi connectivity index (χ2n) is 6.48. The van der Waals surface area contributed by atoms with Crippen molar-refractivity contribution in [3.05, 3.63) is 34.9 Å². The average Bonchev–Trinajstić information content (AvgIpc) is 2.40. The topological polar surface area (TPSA) is 35.8 Å². The summed E-state index contributed by atoms with van der Waals surface area (Å²) in [6.45, 7) is 10.9. The first-order valence-electron chi connectivity index (χ1n) is 7.69. The first kappa shape index (κ1) is 16.7. The van der Waals surface area contributed by atoms with E-state index in [0.29, 0.717) is 5.41 Å². The van der Waals surface area contributed by atoms with E-state index in [0.717, 1.165) is 18.7 Å². The molecule has 20 heavy (non-hydrogen) atoms. The summed E-state index contributed by atoms with van der Waals surface area (Å²) in [5.41, 5.74) is 3.58. The van der Waals surface area contributed by atoms with Crippen molar-refractivity contribution in [3.8, 4) is 6.07 Å². The van der Waals surface area contributed by atoms with E-state index in [9.17, 15) is 0 Å². The molecule has 0 spiro atoms. The Morgan fingerprint density at radius 2 is 2.00 bits per heavy atom. The number of hydrogen-bond donors (Lipinski definition) is 1. The van der Waals surface area contributed by atoms with Crippen molar-refractivity contribution in [3.63, 3.8) is 0 Å². The van der Waals surface area contributed by atoms with Gasteiger partial charge in [0.15, 0.2) is 0 Å². The molecule has 0 heterocycles. The van der Waals surface area contributed by atoms with Crippen molar-refractivity contribution in [1.29, 1.82) is 5.26 Å². The zero-order valence-electron chi connectivity index (χ0n) is 13.4. The van der Waals surface area contributed by atoms with E-state index in [-0.39, 0.29) is 0 Å². The molecular formula is C18H28N2. The van der Waals surface area contributed by atoms with Gasteiger partial charge in [-0.05, 0) is 42.0 Å². The predicted octanol–water partition coefficient (Wildman–Crippen LogP) is 4.56. The van der Waals surface area contributed by atoms with Crippen LogP contribution in [0.2, 0.25) is 0 Å². The highest BCUT2D eigenvalue weighted by Gasteiger charge is 2.16. The molecule has 1 aromatic rings. The van der Waals surface area contributed by atoms with E-state index in [1.165, 1.54) is 36.8 Å². The first-order valence-corrected chi connectivity index (χ1v) is 7.69. The summed E-state index contributed by atoms with van der Waals surface area (Å²) in [6, 6.07) is 8.11. The van der Waals surface area contributed by atoms with E-state index in [4.69, 9.17) is 5.26 Å². The van der Waals surface area contributed by atoms with Crippen molar-refractivity contribution in [1.82, 2.24) is 5.32 Å². The van der Waals surface area contributed by atoms with Crippen molar-refractivity contribution in [2.45, 2.75) is 59.9 Å². The maximum Gasteiger partial charge on any atom is 0.0991 e. The van der Waals surface area contributed by atoms with Gasteiger partial charge in [-0.1, -0.05) is 46.1 Å². The smallest absolute Gasteiger partial charge is 0.0991 e. The molecule has 0 atom stereocenters. The van der Waals surface area contributed by atoms with Gasteiger partial charge in [-0.15, -0.1) is 0 Å². The second-order valence-corrected chi connectivity index (χ2v) is 6.48. The quantitative estimate of drug-likeness (QED) is 0.704. The Balaban J connectivity index is 2.42. The van der Waals surface area contributed by atoms with Gasteiger partial charge in [0.2, 0.25) is 0 Å². The molecule has 0 saturated heterocycles. The molecular weight excluding hydrogens is 244 g/mol. The van der Waals surface area contributed by atoms with Gasteiger partial charge < -0.3 is 5.32 Å². The van der Waals surface area contributed by atoms with E-state index < -0.39 is 0 Å². The number of benzene rings is 1. The van der Waals surface area contributed by atoms with E-state index in [1.807, 2.05) is 12.1 Å². The van der Waals surface area contributed by atoms with Gasteiger partial charge in [-0.2, -0.15) is 5.26 Å². The molecule has 110 valence electrons. The average molecular weight is 272 g/mol. The van der Waals surface area contributed by atoms with Gasteiger partial charge in [0, 0.05) is 13.1 Å². The molecule has 0 aliphatic heterocycles. The van der Waals surface area contributed by atoms with Gasteiger partial charge in [0.05, 0.1) is 11.6 Å². The van der Waals surface area contributed by atoms with Crippen molar-refractivity contribution < 1.29 is 0 Å². The fourth-order valence-corrected chi connectivity index (χ4v) is 2.44. The van der Waals surface area contributed by atoms with Crippen LogP contribution in [-0.4, -0.2) is 6.54 Å². The van der Waals surface area contributed by atoms with Crippen LogP contribution in [0.5, 0.6) is 0 Å². The molecule has 2 nitrogen and oxygen atoms in total. The van der Waals surface area contributed by atoms with Crippen LogP contribution in [0.1, 0.15) is 63.1 Å². The Kier molecular flexibility index (Phi) is 6.75. The lowest BCUT2D eigenvalue weighted by Crippen LogP contribution is -2.29. The first-order chi connectivity index (χ1) is 9.48. The Labute approximate surface area is 124 Å². The van der Waals surface area contributed by atoms with Crippen LogP contribution in [0.25, 0.3) is 0 Å². The monoisotopic (exact) mass is 272 g/mol. The fraction of sp³-hybridized carbons (Fsp3) is 0.611.